The molecule has 0 bridgehead atoms. The van der Waals surface area contributed by atoms with Gasteiger partial charge in [-0.05, 0) is 56.1 Å². The van der Waals surface area contributed by atoms with Crippen LogP contribution in [0.2, 0.25) is 0 Å². The van der Waals surface area contributed by atoms with Crippen LogP contribution in [0.3, 0.4) is 0 Å². The molecule has 28 heavy (non-hydrogen) atoms. The minimum absolute atomic E-state index is 0.104. The molecule has 5 nitrogen and oxygen atoms in total. The van der Waals surface area contributed by atoms with Gasteiger partial charge in [0.1, 0.15) is 22.8 Å². The van der Waals surface area contributed by atoms with Gasteiger partial charge in [-0.2, -0.15) is 0 Å². The van der Waals surface area contributed by atoms with Crippen LogP contribution in [0.4, 0.5) is 0 Å². The maximum atomic E-state index is 13.1. The van der Waals surface area contributed by atoms with Gasteiger partial charge in [0.05, 0.1) is 10.9 Å². The van der Waals surface area contributed by atoms with Crippen LogP contribution in [0.15, 0.2) is 63.8 Å². The van der Waals surface area contributed by atoms with E-state index >= 15 is 0 Å². The highest BCUT2D eigenvalue weighted by atomic mass is 16.5. The maximum Gasteiger partial charge on any atom is 0.235 e. The average Bonchev–Trinajstić information content (AvgIpc) is 2.67. The molecule has 0 saturated carbocycles. The molecule has 1 N–H and O–H groups in total. The third-order valence-corrected chi connectivity index (χ3v) is 4.68. The Kier molecular flexibility index (Phi) is 4.53. The lowest BCUT2D eigenvalue weighted by Gasteiger charge is -2.15. The van der Waals surface area contributed by atoms with Gasteiger partial charge < -0.3 is 19.2 Å². The Morgan fingerprint density at radius 1 is 1.04 bits per heavy atom. The van der Waals surface area contributed by atoms with Crippen molar-refractivity contribution in [3.05, 3.63) is 76.1 Å². The van der Waals surface area contributed by atoms with Crippen LogP contribution in [-0.4, -0.2) is 24.1 Å². The van der Waals surface area contributed by atoms with Gasteiger partial charge in [0.15, 0.2) is 0 Å². The highest BCUT2D eigenvalue weighted by Crippen LogP contribution is 2.32. The molecule has 0 aliphatic carbocycles. The predicted octanol–water partition coefficient (Wildman–Crippen LogP) is 4.81. The van der Waals surface area contributed by atoms with Crippen LogP contribution in [0.1, 0.15) is 11.3 Å². The van der Waals surface area contributed by atoms with Crippen LogP contribution in [-0.2, 0) is 6.54 Å². The van der Waals surface area contributed by atoms with Gasteiger partial charge in [-0.15, -0.1) is 0 Å². The summed E-state index contributed by atoms with van der Waals surface area (Å²) in [5, 5.41) is 12.7. The third kappa shape index (κ3) is 3.21. The summed E-state index contributed by atoms with van der Waals surface area (Å²) >= 11 is 0. The average molecular weight is 375 g/mol. The monoisotopic (exact) mass is 375 g/mol. The van der Waals surface area contributed by atoms with Gasteiger partial charge in [0.25, 0.3) is 0 Å². The predicted molar refractivity (Wildman–Crippen MR) is 110 cm³/mol. The smallest absolute Gasteiger partial charge is 0.235 e. The fraction of sp³-hybridized carbons (Fsp3) is 0.174. The van der Waals surface area contributed by atoms with E-state index in [0.717, 1.165) is 10.8 Å². The molecule has 0 aliphatic heterocycles. The largest absolute Gasteiger partial charge is 0.507 e. The van der Waals surface area contributed by atoms with Crippen molar-refractivity contribution >= 4 is 21.7 Å². The lowest BCUT2D eigenvalue weighted by molar-refractivity contribution is 0.381. The minimum atomic E-state index is -0.257. The van der Waals surface area contributed by atoms with E-state index in [0.29, 0.717) is 34.6 Å². The first kappa shape index (κ1) is 18.1. The molecule has 0 spiro atoms. The zero-order valence-electron chi connectivity index (χ0n) is 16.0. The molecule has 4 rings (SSSR count). The first-order valence-corrected chi connectivity index (χ1v) is 9.03. The first-order valence-electron chi connectivity index (χ1n) is 9.03. The summed E-state index contributed by atoms with van der Waals surface area (Å²) in [7, 11) is 3.78. The number of phenolic OH excluding ortho intramolecular Hbond substituents is 1. The SMILES string of the molecule is Cc1oc2c(CN(C)C)c(O)ccc2c(=O)c1Oc1ccc2ccccc2c1. The summed E-state index contributed by atoms with van der Waals surface area (Å²) < 4.78 is 11.9. The molecule has 0 fully saturated rings. The van der Waals surface area contributed by atoms with E-state index in [1.165, 1.54) is 6.07 Å². The Morgan fingerprint density at radius 2 is 1.79 bits per heavy atom. The first-order chi connectivity index (χ1) is 13.4. The van der Waals surface area contributed by atoms with Crippen LogP contribution in [0.5, 0.6) is 17.2 Å². The molecule has 5 heteroatoms. The zero-order valence-corrected chi connectivity index (χ0v) is 16.0. The molecule has 0 unspecified atom stereocenters. The third-order valence-electron chi connectivity index (χ3n) is 4.68. The van der Waals surface area contributed by atoms with Crippen molar-refractivity contribution in [2.75, 3.05) is 14.1 Å². The van der Waals surface area contributed by atoms with Crippen molar-refractivity contribution in [1.29, 1.82) is 0 Å². The fourth-order valence-corrected chi connectivity index (χ4v) is 3.33. The van der Waals surface area contributed by atoms with Crippen LogP contribution >= 0.6 is 0 Å². The van der Waals surface area contributed by atoms with Gasteiger partial charge >= 0.3 is 0 Å². The Morgan fingerprint density at radius 3 is 2.54 bits per heavy atom. The Bertz CT molecular complexity index is 1240. The highest BCUT2D eigenvalue weighted by Gasteiger charge is 2.18. The van der Waals surface area contributed by atoms with E-state index in [2.05, 4.69) is 0 Å². The Hall–Kier alpha value is -3.31. The molecular weight excluding hydrogens is 354 g/mol. The number of hydrogen-bond acceptors (Lipinski definition) is 5. The van der Waals surface area contributed by atoms with Crippen molar-refractivity contribution in [3.63, 3.8) is 0 Å². The summed E-state index contributed by atoms with van der Waals surface area (Å²) in [6, 6.07) is 16.7. The van der Waals surface area contributed by atoms with Gasteiger partial charge in [0, 0.05) is 6.54 Å². The summed E-state index contributed by atoms with van der Waals surface area (Å²) in [6.07, 6.45) is 0. The van der Waals surface area contributed by atoms with Crippen molar-refractivity contribution in [2.45, 2.75) is 13.5 Å². The number of aromatic hydroxyl groups is 1. The van der Waals surface area contributed by atoms with E-state index in [1.54, 1.807) is 13.0 Å². The second-order valence-electron chi connectivity index (χ2n) is 7.11. The highest BCUT2D eigenvalue weighted by molar-refractivity contribution is 5.85. The summed E-state index contributed by atoms with van der Waals surface area (Å²) in [6.45, 7) is 2.15. The number of ether oxygens (including phenoxy) is 1. The van der Waals surface area contributed by atoms with E-state index in [-0.39, 0.29) is 16.9 Å². The van der Waals surface area contributed by atoms with Gasteiger partial charge in [-0.25, -0.2) is 0 Å². The number of rotatable bonds is 4. The molecule has 0 amide bonds. The number of benzene rings is 3. The maximum absolute atomic E-state index is 13.1. The quantitative estimate of drug-likeness (QED) is 0.554. The molecule has 1 heterocycles. The van der Waals surface area contributed by atoms with Crippen molar-refractivity contribution < 1.29 is 14.3 Å². The summed E-state index contributed by atoms with van der Waals surface area (Å²) in [4.78, 5) is 15.0. The standard InChI is InChI=1S/C23H21NO4/c1-14-22(28-17-9-8-15-6-4-5-7-16(15)12-17)21(26)18-10-11-20(25)19(13-24(2)3)23(18)27-14/h4-12,25H,13H2,1-3H3. The Labute approximate surface area is 162 Å². The van der Waals surface area contributed by atoms with E-state index in [1.807, 2.05) is 61.5 Å². The van der Waals surface area contributed by atoms with Crippen molar-refractivity contribution in [3.8, 4) is 17.2 Å². The van der Waals surface area contributed by atoms with Crippen LogP contribution < -0.4 is 10.2 Å². The van der Waals surface area contributed by atoms with E-state index in [4.69, 9.17) is 9.15 Å². The molecule has 0 saturated heterocycles. The molecule has 142 valence electrons. The van der Waals surface area contributed by atoms with Gasteiger partial charge in [-0.3, -0.25) is 4.79 Å². The topological polar surface area (TPSA) is 62.9 Å². The minimum Gasteiger partial charge on any atom is -0.507 e. The number of phenols is 1. The lowest BCUT2D eigenvalue weighted by Crippen LogP contribution is -2.13. The van der Waals surface area contributed by atoms with Gasteiger partial charge in [0.2, 0.25) is 11.2 Å². The molecule has 4 aromatic rings. The molecule has 0 atom stereocenters. The van der Waals surface area contributed by atoms with Gasteiger partial charge in [-0.1, -0.05) is 30.3 Å². The number of hydrogen-bond donors (Lipinski definition) is 1. The van der Waals surface area contributed by atoms with Crippen molar-refractivity contribution in [2.24, 2.45) is 0 Å². The van der Waals surface area contributed by atoms with Crippen LogP contribution in [0.25, 0.3) is 21.7 Å². The zero-order chi connectivity index (χ0) is 19.8. The molecule has 0 radical (unpaired) electrons. The summed E-state index contributed by atoms with van der Waals surface area (Å²) in [5.74, 6) is 1.20. The van der Waals surface area contributed by atoms with Crippen molar-refractivity contribution in [1.82, 2.24) is 4.90 Å². The number of aryl methyl sites for hydroxylation is 1. The fourth-order valence-electron chi connectivity index (χ4n) is 3.33. The lowest BCUT2D eigenvalue weighted by atomic mass is 10.1. The number of nitrogens with zero attached hydrogens (tertiary/aromatic N) is 1. The second kappa shape index (κ2) is 7.02. The van der Waals surface area contributed by atoms with E-state index in [9.17, 15) is 9.90 Å². The molecular formula is C23H21NO4. The Balaban J connectivity index is 1.83. The summed E-state index contributed by atoms with van der Waals surface area (Å²) in [5.41, 5.74) is 0.717. The molecule has 3 aromatic carbocycles. The van der Waals surface area contributed by atoms with Crippen LogP contribution in [0, 0.1) is 6.92 Å². The molecule has 1 aromatic heterocycles. The number of fused-ring (bicyclic) bond motifs is 2. The normalized spacial score (nSPS) is 11.4. The second-order valence-corrected chi connectivity index (χ2v) is 7.11. The van der Waals surface area contributed by atoms with E-state index < -0.39 is 0 Å². The molecule has 0 aliphatic rings.